The van der Waals surface area contributed by atoms with E-state index in [4.69, 9.17) is 0 Å². The summed E-state index contributed by atoms with van der Waals surface area (Å²) < 4.78 is 0. The summed E-state index contributed by atoms with van der Waals surface area (Å²) in [6.45, 7) is 6.47. The molecule has 0 saturated carbocycles. The highest BCUT2D eigenvalue weighted by atomic mass is 35.5. The van der Waals surface area contributed by atoms with Crippen molar-refractivity contribution in [3.05, 3.63) is 53.3 Å². The molecule has 1 unspecified atom stereocenters. The number of aromatic nitrogens is 2. The number of rotatable bonds is 3. The molecule has 2 aliphatic rings. The van der Waals surface area contributed by atoms with Gasteiger partial charge in [0.15, 0.2) is 0 Å². The largest absolute Gasteiger partial charge is 0.356 e. The molecule has 2 aliphatic heterocycles. The Labute approximate surface area is 232 Å². The number of amides is 2. The second-order valence-corrected chi connectivity index (χ2v) is 9.54. The molecule has 0 spiro atoms. The SMILES string of the molecule is Cc1nc(N2CCCCC2)ncc1C(=O)N1CCCCNC(c2ccccc2)CC(=O)NCCC1.Cl.Cl. The summed E-state index contributed by atoms with van der Waals surface area (Å²) >= 11 is 0. The van der Waals surface area contributed by atoms with Gasteiger partial charge in [-0.1, -0.05) is 30.3 Å². The zero-order valence-corrected chi connectivity index (χ0v) is 23.3. The number of hydrogen-bond donors (Lipinski definition) is 2. The molecular weight excluding hydrogens is 511 g/mol. The van der Waals surface area contributed by atoms with Crippen LogP contribution in [0.2, 0.25) is 0 Å². The van der Waals surface area contributed by atoms with Crippen molar-refractivity contribution in [2.45, 2.75) is 57.9 Å². The van der Waals surface area contributed by atoms with Gasteiger partial charge in [0.25, 0.3) is 5.91 Å². The molecule has 1 aromatic heterocycles. The lowest BCUT2D eigenvalue weighted by Gasteiger charge is -2.27. The first-order chi connectivity index (χ1) is 17.1. The number of nitrogens with zero attached hydrogens (tertiary/aromatic N) is 4. The van der Waals surface area contributed by atoms with Crippen molar-refractivity contribution in [3.63, 3.8) is 0 Å². The molecule has 2 saturated heterocycles. The Morgan fingerprint density at radius 3 is 2.35 bits per heavy atom. The zero-order valence-electron chi connectivity index (χ0n) is 21.7. The van der Waals surface area contributed by atoms with Crippen LogP contribution in [-0.2, 0) is 4.79 Å². The van der Waals surface area contributed by atoms with Crippen LogP contribution in [-0.4, -0.2) is 66.0 Å². The van der Waals surface area contributed by atoms with E-state index < -0.39 is 0 Å². The fraction of sp³-hybridized carbons (Fsp3) is 0.556. The monoisotopic (exact) mass is 550 g/mol. The van der Waals surface area contributed by atoms with E-state index in [2.05, 4.69) is 37.6 Å². The minimum atomic E-state index is -0.0241. The van der Waals surface area contributed by atoms with E-state index in [0.717, 1.165) is 62.5 Å². The van der Waals surface area contributed by atoms with Gasteiger partial charge in [-0.25, -0.2) is 9.97 Å². The van der Waals surface area contributed by atoms with Crippen LogP contribution in [0.5, 0.6) is 0 Å². The molecule has 0 radical (unpaired) electrons. The van der Waals surface area contributed by atoms with E-state index >= 15 is 0 Å². The summed E-state index contributed by atoms with van der Waals surface area (Å²) in [5.41, 5.74) is 2.42. The Kier molecular flexibility index (Phi) is 13.1. The van der Waals surface area contributed by atoms with Gasteiger partial charge in [-0.05, 0) is 57.6 Å². The van der Waals surface area contributed by atoms with E-state index in [1.54, 1.807) is 6.20 Å². The number of halogens is 2. The molecule has 2 aromatic rings. The van der Waals surface area contributed by atoms with E-state index in [1.165, 1.54) is 6.42 Å². The normalized spacial score (nSPS) is 19.7. The standard InChI is InChI=1S/C27H38N6O2.2ClH/c1-21-23(20-30-27(31-21)33-16-7-3-8-17-33)26(35)32-15-9-6-13-28-24(22-11-4-2-5-12-22)19-25(34)29-14-10-18-32;;/h2,4-5,11-12,20,24,28H,3,6-10,13-19H2,1H3,(H,29,34);2*1H. The summed E-state index contributed by atoms with van der Waals surface area (Å²) in [4.78, 5) is 39.3. The zero-order chi connectivity index (χ0) is 24.5. The predicted molar refractivity (Wildman–Crippen MR) is 152 cm³/mol. The van der Waals surface area contributed by atoms with Gasteiger partial charge in [-0.2, -0.15) is 0 Å². The average Bonchev–Trinajstić information content (AvgIpc) is 2.91. The highest BCUT2D eigenvalue weighted by Gasteiger charge is 2.22. The number of carbonyl (C=O) groups excluding carboxylic acids is 2. The molecule has 1 aromatic carbocycles. The lowest BCUT2D eigenvalue weighted by Crippen LogP contribution is -2.36. The van der Waals surface area contributed by atoms with Gasteiger partial charge < -0.3 is 20.4 Å². The fourth-order valence-electron chi connectivity index (χ4n) is 4.85. The Morgan fingerprint density at radius 2 is 1.62 bits per heavy atom. The maximum absolute atomic E-state index is 13.4. The Bertz CT molecular complexity index is 988. The van der Waals surface area contributed by atoms with Crippen molar-refractivity contribution >= 4 is 42.6 Å². The number of carbonyl (C=O) groups is 2. The van der Waals surface area contributed by atoms with Crippen LogP contribution in [0.4, 0.5) is 5.95 Å². The van der Waals surface area contributed by atoms with Crippen molar-refractivity contribution < 1.29 is 9.59 Å². The first kappa shape index (κ1) is 30.8. The number of anilines is 1. The Morgan fingerprint density at radius 1 is 0.919 bits per heavy atom. The predicted octanol–water partition coefficient (Wildman–Crippen LogP) is 4.08. The van der Waals surface area contributed by atoms with Crippen molar-refractivity contribution in [3.8, 4) is 0 Å². The van der Waals surface area contributed by atoms with Crippen LogP contribution in [0.15, 0.2) is 36.5 Å². The van der Waals surface area contributed by atoms with Gasteiger partial charge in [0.05, 0.1) is 11.3 Å². The van der Waals surface area contributed by atoms with Crippen LogP contribution in [0.3, 0.4) is 0 Å². The smallest absolute Gasteiger partial charge is 0.257 e. The van der Waals surface area contributed by atoms with E-state index in [-0.39, 0.29) is 42.7 Å². The fourth-order valence-corrected chi connectivity index (χ4v) is 4.85. The third kappa shape index (κ3) is 8.83. The molecule has 1 atom stereocenters. The van der Waals surface area contributed by atoms with E-state index in [1.807, 2.05) is 30.0 Å². The van der Waals surface area contributed by atoms with Crippen LogP contribution < -0.4 is 15.5 Å². The van der Waals surface area contributed by atoms with Gasteiger partial charge in [-0.15, -0.1) is 24.8 Å². The summed E-state index contributed by atoms with van der Waals surface area (Å²) in [6, 6.07) is 10.1. The maximum atomic E-state index is 13.4. The molecule has 37 heavy (non-hydrogen) atoms. The molecule has 10 heteroatoms. The first-order valence-electron chi connectivity index (χ1n) is 13.0. The third-order valence-electron chi connectivity index (χ3n) is 6.89. The number of nitrogens with one attached hydrogen (secondary N) is 2. The van der Waals surface area contributed by atoms with Gasteiger partial charge in [0.2, 0.25) is 11.9 Å². The molecule has 204 valence electrons. The topological polar surface area (TPSA) is 90.5 Å². The molecule has 4 rings (SSSR count). The van der Waals surface area contributed by atoms with Gasteiger partial charge in [-0.3, -0.25) is 9.59 Å². The molecule has 0 aliphatic carbocycles. The third-order valence-corrected chi connectivity index (χ3v) is 6.89. The van der Waals surface area contributed by atoms with Crippen LogP contribution >= 0.6 is 24.8 Å². The van der Waals surface area contributed by atoms with E-state index in [0.29, 0.717) is 38.0 Å². The van der Waals surface area contributed by atoms with Crippen molar-refractivity contribution in [2.75, 3.05) is 44.2 Å². The number of aryl methyl sites for hydroxylation is 1. The maximum Gasteiger partial charge on any atom is 0.257 e. The second kappa shape index (κ2) is 15.7. The molecule has 2 amide bonds. The molecule has 2 fully saturated rings. The van der Waals surface area contributed by atoms with Gasteiger partial charge >= 0.3 is 0 Å². The minimum Gasteiger partial charge on any atom is -0.356 e. The van der Waals surface area contributed by atoms with E-state index in [9.17, 15) is 9.59 Å². The van der Waals surface area contributed by atoms with Crippen LogP contribution in [0.25, 0.3) is 0 Å². The highest BCUT2D eigenvalue weighted by Crippen LogP contribution is 2.19. The van der Waals surface area contributed by atoms with Crippen LogP contribution in [0.1, 0.15) is 72.6 Å². The van der Waals surface area contributed by atoms with Crippen LogP contribution in [0, 0.1) is 6.92 Å². The number of hydrogen-bond acceptors (Lipinski definition) is 6. The van der Waals surface area contributed by atoms with Crippen molar-refractivity contribution in [2.24, 2.45) is 0 Å². The highest BCUT2D eigenvalue weighted by molar-refractivity contribution is 5.95. The second-order valence-electron chi connectivity index (χ2n) is 9.54. The van der Waals surface area contributed by atoms with Crippen molar-refractivity contribution in [1.82, 2.24) is 25.5 Å². The summed E-state index contributed by atoms with van der Waals surface area (Å²) in [5.74, 6) is 0.732. The Hall–Kier alpha value is -2.42. The molecule has 3 heterocycles. The minimum absolute atomic E-state index is 0. The molecule has 8 nitrogen and oxygen atoms in total. The Balaban J connectivity index is 0.00000241. The number of piperidine rings is 1. The van der Waals surface area contributed by atoms with Crippen molar-refractivity contribution in [1.29, 1.82) is 0 Å². The van der Waals surface area contributed by atoms with Gasteiger partial charge in [0, 0.05) is 51.4 Å². The lowest BCUT2D eigenvalue weighted by molar-refractivity contribution is -0.121. The summed E-state index contributed by atoms with van der Waals surface area (Å²) in [7, 11) is 0. The number of benzene rings is 1. The summed E-state index contributed by atoms with van der Waals surface area (Å²) in [6.07, 6.45) is 8.22. The molecule has 2 N–H and O–H groups in total. The quantitative estimate of drug-likeness (QED) is 0.598. The molecular formula is C27H40Cl2N6O2. The first-order valence-corrected chi connectivity index (χ1v) is 13.0. The average molecular weight is 552 g/mol. The summed E-state index contributed by atoms with van der Waals surface area (Å²) in [5, 5.41) is 6.57. The molecule has 0 bridgehead atoms. The lowest BCUT2D eigenvalue weighted by atomic mass is 10.0. The van der Waals surface area contributed by atoms with Gasteiger partial charge in [0.1, 0.15) is 0 Å².